The molecule has 0 aliphatic rings. The Hall–Kier alpha value is -3.85. The third-order valence-electron chi connectivity index (χ3n) is 4.06. The molecule has 4 aromatic rings. The van der Waals surface area contributed by atoms with Crippen molar-refractivity contribution in [1.82, 2.24) is 10.3 Å². The van der Waals surface area contributed by atoms with Gasteiger partial charge in [-0.05, 0) is 36.4 Å². The number of hydrogen-bond acceptors (Lipinski definition) is 6. The Kier molecular flexibility index (Phi) is 5.62. The summed E-state index contributed by atoms with van der Waals surface area (Å²) < 4.78 is 41.8. The highest BCUT2D eigenvalue weighted by atomic mass is 19.1. The van der Waals surface area contributed by atoms with Crippen LogP contribution in [0, 0.1) is 11.6 Å². The summed E-state index contributed by atoms with van der Waals surface area (Å²) in [5, 5.41) is 10.2. The van der Waals surface area contributed by atoms with Gasteiger partial charge in [-0.3, -0.25) is 10.1 Å². The van der Waals surface area contributed by atoms with Crippen LogP contribution in [0.1, 0.15) is 5.69 Å². The molecule has 0 aliphatic carbocycles. The maximum atomic E-state index is 13.3. The summed E-state index contributed by atoms with van der Waals surface area (Å²) in [5.74, 6) is -0.626. The Morgan fingerprint density at radius 1 is 0.933 bits per heavy atom. The highest BCUT2D eigenvalue weighted by Gasteiger charge is 2.12. The van der Waals surface area contributed by atoms with E-state index in [9.17, 15) is 13.6 Å². The van der Waals surface area contributed by atoms with Crippen molar-refractivity contribution >= 4 is 11.8 Å². The smallest absolute Gasteiger partial charge is 0.252 e. The molecule has 4 rings (SSSR count). The lowest BCUT2D eigenvalue weighted by Gasteiger charge is -2.01. The van der Waals surface area contributed by atoms with Gasteiger partial charge in [0.2, 0.25) is 5.88 Å². The zero-order valence-corrected chi connectivity index (χ0v) is 15.5. The summed E-state index contributed by atoms with van der Waals surface area (Å²) in [7, 11) is 0. The molecule has 0 saturated carbocycles. The second-order valence-electron chi connectivity index (χ2n) is 6.32. The number of carbonyl (C=O) groups excluding carboxylic acids is 1. The van der Waals surface area contributed by atoms with Crippen LogP contribution < -0.4 is 5.32 Å². The van der Waals surface area contributed by atoms with Gasteiger partial charge in [-0.2, -0.15) is 0 Å². The van der Waals surface area contributed by atoms with Gasteiger partial charge >= 0.3 is 0 Å². The third-order valence-corrected chi connectivity index (χ3v) is 4.06. The van der Waals surface area contributed by atoms with E-state index in [1.54, 1.807) is 30.3 Å². The molecular formula is C21H15F2N3O4. The highest BCUT2D eigenvalue weighted by Crippen LogP contribution is 2.23. The average molecular weight is 411 g/mol. The largest absolute Gasteiger partial charge is 0.365 e. The maximum Gasteiger partial charge on any atom is 0.252 e. The molecule has 0 bridgehead atoms. The van der Waals surface area contributed by atoms with Gasteiger partial charge in [-0.1, -0.05) is 22.4 Å². The second kappa shape index (κ2) is 8.66. The molecular weight excluding hydrogens is 396 g/mol. The van der Waals surface area contributed by atoms with Crippen molar-refractivity contribution in [1.29, 1.82) is 0 Å². The van der Waals surface area contributed by atoms with Crippen molar-refractivity contribution in [2.75, 3.05) is 11.9 Å². The van der Waals surface area contributed by atoms with E-state index in [4.69, 9.17) is 13.8 Å². The Balaban J connectivity index is 1.27. The van der Waals surface area contributed by atoms with Crippen LogP contribution in [0.4, 0.5) is 14.7 Å². The van der Waals surface area contributed by atoms with Crippen molar-refractivity contribution < 1.29 is 27.4 Å². The Morgan fingerprint density at radius 2 is 1.77 bits per heavy atom. The van der Waals surface area contributed by atoms with Gasteiger partial charge < -0.3 is 13.8 Å². The average Bonchev–Trinajstić information content (AvgIpc) is 3.38. The van der Waals surface area contributed by atoms with Gasteiger partial charge in [0.25, 0.3) is 5.91 Å². The summed E-state index contributed by atoms with van der Waals surface area (Å²) in [6.07, 6.45) is 0. The molecule has 2 aromatic carbocycles. The van der Waals surface area contributed by atoms with Crippen LogP contribution in [0.3, 0.4) is 0 Å². The number of ether oxygens (including phenoxy) is 1. The van der Waals surface area contributed by atoms with Crippen molar-refractivity contribution in [3.05, 3.63) is 78.0 Å². The fourth-order valence-corrected chi connectivity index (χ4v) is 2.67. The number of amides is 1. The first-order chi connectivity index (χ1) is 14.6. The van der Waals surface area contributed by atoms with E-state index in [-0.39, 0.29) is 24.9 Å². The summed E-state index contributed by atoms with van der Waals surface area (Å²) in [4.78, 5) is 12.0. The summed E-state index contributed by atoms with van der Waals surface area (Å²) in [5.41, 5.74) is 2.07. The first-order valence-electron chi connectivity index (χ1n) is 8.88. The molecule has 0 spiro atoms. The first-order valence-corrected chi connectivity index (χ1v) is 8.88. The number of anilines is 1. The predicted molar refractivity (Wildman–Crippen MR) is 102 cm³/mol. The van der Waals surface area contributed by atoms with Gasteiger partial charge in [0.1, 0.15) is 29.6 Å². The predicted octanol–water partition coefficient (Wildman–Crippen LogP) is 4.43. The minimum Gasteiger partial charge on any atom is -0.365 e. The van der Waals surface area contributed by atoms with Crippen LogP contribution in [-0.4, -0.2) is 22.8 Å². The van der Waals surface area contributed by atoms with E-state index in [1.807, 2.05) is 0 Å². The SMILES string of the molecule is O=C(COCc1cc(-c2ccc(F)cc2)on1)Nc1cc(-c2cccc(F)c2)no1. The molecule has 30 heavy (non-hydrogen) atoms. The molecule has 1 N–H and O–H groups in total. The summed E-state index contributed by atoms with van der Waals surface area (Å²) in [6, 6.07) is 14.8. The number of benzene rings is 2. The Morgan fingerprint density at radius 3 is 2.57 bits per heavy atom. The fourth-order valence-electron chi connectivity index (χ4n) is 2.67. The monoisotopic (exact) mass is 411 g/mol. The molecule has 0 aliphatic heterocycles. The van der Waals surface area contributed by atoms with Crippen LogP contribution in [0.25, 0.3) is 22.6 Å². The van der Waals surface area contributed by atoms with Crippen LogP contribution in [0.2, 0.25) is 0 Å². The molecule has 2 heterocycles. The number of halogens is 2. The number of carbonyl (C=O) groups is 1. The molecule has 1 amide bonds. The topological polar surface area (TPSA) is 90.4 Å². The summed E-state index contributed by atoms with van der Waals surface area (Å²) in [6.45, 7) is -0.211. The van der Waals surface area contributed by atoms with Crippen LogP contribution in [0.15, 0.2) is 69.7 Å². The molecule has 0 unspecified atom stereocenters. The summed E-state index contributed by atoms with van der Waals surface area (Å²) >= 11 is 0. The van der Waals surface area contributed by atoms with Gasteiger partial charge in [-0.25, -0.2) is 8.78 Å². The first kappa shape index (κ1) is 19.5. The van der Waals surface area contributed by atoms with E-state index in [2.05, 4.69) is 15.6 Å². The number of rotatable bonds is 7. The second-order valence-corrected chi connectivity index (χ2v) is 6.32. The van der Waals surface area contributed by atoms with Gasteiger partial charge in [0.15, 0.2) is 5.76 Å². The molecule has 0 radical (unpaired) electrons. The Bertz CT molecular complexity index is 1160. The zero-order valence-electron chi connectivity index (χ0n) is 15.5. The number of hydrogen-bond donors (Lipinski definition) is 1. The van der Waals surface area contributed by atoms with Gasteiger partial charge in [-0.15, -0.1) is 0 Å². The number of aromatic nitrogens is 2. The van der Waals surface area contributed by atoms with Crippen molar-refractivity contribution in [2.24, 2.45) is 0 Å². The maximum absolute atomic E-state index is 13.3. The fraction of sp³-hybridized carbons (Fsp3) is 0.0952. The third kappa shape index (κ3) is 4.76. The molecule has 0 atom stereocenters. The zero-order chi connectivity index (χ0) is 20.9. The van der Waals surface area contributed by atoms with Gasteiger partial charge in [0, 0.05) is 23.3 Å². The molecule has 2 aromatic heterocycles. The normalized spacial score (nSPS) is 10.9. The minimum absolute atomic E-state index is 0.0447. The van der Waals surface area contributed by atoms with Gasteiger partial charge in [0.05, 0.1) is 6.61 Å². The van der Waals surface area contributed by atoms with Crippen LogP contribution >= 0.6 is 0 Å². The standard InChI is InChI=1S/C21H15F2N3O4/c22-15-6-4-13(5-7-15)19-9-17(25-29-19)11-28-12-20(27)24-21-10-18(26-30-21)14-2-1-3-16(23)8-14/h1-10H,11-12H2,(H,24,27). The Labute approximate surface area is 169 Å². The minimum atomic E-state index is -0.459. The van der Waals surface area contributed by atoms with E-state index >= 15 is 0 Å². The van der Waals surface area contributed by atoms with E-state index in [0.29, 0.717) is 28.3 Å². The van der Waals surface area contributed by atoms with Crippen LogP contribution in [-0.2, 0) is 16.1 Å². The lowest BCUT2D eigenvalue weighted by atomic mass is 10.1. The molecule has 0 saturated heterocycles. The van der Waals surface area contributed by atoms with Crippen molar-refractivity contribution in [2.45, 2.75) is 6.61 Å². The van der Waals surface area contributed by atoms with E-state index in [1.165, 1.54) is 30.3 Å². The highest BCUT2D eigenvalue weighted by molar-refractivity contribution is 5.90. The molecule has 9 heteroatoms. The quantitative estimate of drug-likeness (QED) is 0.484. The van der Waals surface area contributed by atoms with Crippen molar-refractivity contribution in [3.8, 4) is 22.6 Å². The number of nitrogens with one attached hydrogen (secondary N) is 1. The molecule has 152 valence electrons. The lowest BCUT2D eigenvalue weighted by molar-refractivity contribution is -0.121. The van der Waals surface area contributed by atoms with Crippen LogP contribution in [0.5, 0.6) is 0 Å². The van der Waals surface area contributed by atoms with E-state index in [0.717, 1.165) is 0 Å². The van der Waals surface area contributed by atoms with E-state index < -0.39 is 11.7 Å². The molecule has 0 fully saturated rings. The van der Waals surface area contributed by atoms with Crippen molar-refractivity contribution in [3.63, 3.8) is 0 Å². The number of nitrogens with zero attached hydrogens (tertiary/aromatic N) is 2. The lowest BCUT2D eigenvalue weighted by Crippen LogP contribution is -2.17. The molecule has 7 nitrogen and oxygen atoms in total.